The molecule has 1 N–H and O–H groups in total. The molecule has 0 saturated heterocycles. The van der Waals surface area contributed by atoms with E-state index in [0.29, 0.717) is 5.69 Å². The summed E-state index contributed by atoms with van der Waals surface area (Å²) in [6.07, 6.45) is -3.25. The Morgan fingerprint density at radius 1 is 1.13 bits per heavy atom. The highest BCUT2D eigenvalue weighted by Gasteiger charge is 2.30. The molecule has 23 heavy (non-hydrogen) atoms. The summed E-state index contributed by atoms with van der Waals surface area (Å²) in [5.41, 5.74) is -0.148. The summed E-state index contributed by atoms with van der Waals surface area (Å²) in [5, 5.41) is 2.45. The van der Waals surface area contributed by atoms with Crippen LogP contribution in [0.4, 0.5) is 29.3 Å². The molecule has 0 unspecified atom stereocenters. The fourth-order valence-electron chi connectivity index (χ4n) is 1.83. The molecule has 0 fully saturated rings. The number of urea groups is 1. The second kappa shape index (κ2) is 6.95. The van der Waals surface area contributed by atoms with Crippen molar-refractivity contribution >= 4 is 23.7 Å². The first-order valence-electron chi connectivity index (χ1n) is 6.69. The number of hydrogen-bond acceptors (Lipinski definition) is 2. The third kappa shape index (κ3) is 4.32. The zero-order valence-corrected chi connectivity index (χ0v) is 12.2. The summed E-state index contributed by atoms with van der Waals surface area (Å²) >= 11 is 0. The predicted octanol–water partition coefficient (Wildman–Crippen LogP) is 4.21. The van der Waals surface area contributed by atoms with Gasteiger partial charge >= 0.3 is 12.2 Å². The van der Waals surface area contributed by atoms with Crippen LogP contribution in [0.1, 0.15) is 5.56 Å². The first-order chi connectivity index (χ1) is 10.9. The van der Waals surface area contributed by atoms with Crippen LogP contribution in [0.15, 0.2) is 59.6 Å². The first kappa shape index (κ1) is 16.5. The van der Waals surface area contributed by atoms with Crippen molar-refractivity contribution in [3.63, 3.8) is 0 Å². The number of carbonyl (C=O) groups excluding carboxylic acids is 1. The SMILES string of the molecule is CNC(=O)N(C=Nc1cccc(C(F)(F)F)c1)c1ccccc1. The van der Waals surface area contributed by atoms with E-state index in [1.807, 2.05) is 0 Å². The number of rotatable bonds is 3. The maximum Gasteiger partial charge on any atom is 0.416 e. The molecule has 0 aliphatic rings. The van der Waals surface area contributed by atoms with E-state index in [4.69, 9.17) is 0 Å². The van der Waals surface area contributed by atoms with E-state index in [1.54, 1.807) is 30.3 Å². The zero-order chi connectivity index (χ0) is 16.9. The van der Waals surface area contributed by atoms with Crippen LogP contribution in [-0.4, -0.2) is 19.4 Å². The number of benzene rings is 2. The Balaban J connectivity index is 2.30. The molecule has 2 aromatic carbocycles. The predicted molar refractivity (Wildman–Crippen MR) is 83.0 cm³/mol. The molecule has 2 aromatic rings. The maximum atomic E-state index is 12.7. The highest BCUT2D eigenvalue weighted by molar-refractivity contribution is 6.07. The second-order valence-corrected chi connectivity index (χ2v) is 4.55. The fraction of sp³-hybridized carbons (Fsp3) is 0.125. The number of halogens is 3. The molecule has 7 heteroatoms. The minimum absolute atomic E-state index is 0.102. The number of alkyl halides is 3. The summed E-state index contributed by atoms with van der Waals surface area (Å²) in [5.74, 6) is 0. The molecule has 0 aliphatic carbocycles. The molecule has 0 bridgehead atoms. The first-order valence-corrected chi connectivity index (χ1v) is 6.69. The Kier molecular flexibility index (Phi) is 5.00. The normalized spacial score (nSPS) is 11.5. The van der Waals surface area contributed by atoms with E-state index in [9.17, 15) is 18.0 Å². The average molecular weight is 321 g/mol. The van der Waals surface area contributed by atoms with Crippen molar-refractivity contribution in [3.8, 4) is 0 Å². The lowest BCUT2D eigenvalue weighted by atomic mass is 10.2. The van der Waals surface area contributed by atoms with E-state index < -0.39 is 17.8 Å². The number of nitrogens with zero attached hydrogens (tertiary/aromatic N) is 2. The number of para-hydroxylation sites is 1. The molecule has 0 aliphatic heterocycles. The van der Waals surface area contributed by atoms with Gasteiger partial charge in [0.25, 0.3) is 0 Å². The Hall–Kier alpha value is -2.83. The van der Waals surface area contributed by atoms with Gasteiger partial charge in [0.1, 0.15) is 6.34 Å². The highest BCUT2D eigenvalue weighted by Crippen LogP contribution is 2.31. The van der Waals surface area contributed by atoms with Gasteiger partial charge in [-0.05, 0) is 30.3 Å². The van der Waals surface area contributed by atoms with Crippen LogP contribution in [0.3, 0.4) is 0 Å². The highest BCUT2D eigenvalue weighted by atomic mass is 19.4. The van der Waals surface area contributed by atoms with Crippen molar-refractivity contribution < 1.29 is 18.0 Å². The van der Waals surface area contributed by atoms with Gasteiger partial charge in [0.05, 0.1) is 16.9 Å². The smallest absolute Gasteiger partial charge is 0.340 e. The monoisotopic (exact) mass is 321 g/mol. The van der Waals surface area contributed by atoms with Gasteiger partial charge in [0.15, 0.2) is 0 Å². The Labute approximate surface area is 131 Å². The van der Waals surface area contributed by atoms with Crippen molar-refractivity contribution in [1.29, 1.82) is 0 Å². The summed E-state index contributed by atoms with van der Waals surface area (Å²) in [6.45, 7) is 0. The molecule has 4 nitrogen and oxygen atoms in total. The molecule has 2 amide bonds. The Morgan fingerprint density at radius 2 is 1.83 bits per heavy atom. The lowest BCUT2D eigenvalue weighted by molar-refractivity contribution is -0.137. The van der Waals surface area contributed by atoms with Gasteiger partial charge in [-0.1, -0.05) is 24.3 Å². The minimum atomic E-state index is -4.44. The van der Waals surface area contributed by atoms with Gasteiger partial charge < -0.3 is 5.32 Å². The summed E-state index contributed by atoms with van der Waals surface area (Å²) in [7, 11) is 1.45. The maximum absolute atomic E-state index is 12.7. The van der Waals surface area contributed by atoms with Crippen molar-refractivity contribution in [2.75, 3.05) is 11.9 Å². The molecule has 2 rings (SSSR count). The zero-order valence-electron chi connectivity index (χ0n) is 12.2. The Morgan fingerprint density at radius 3 is 2.43 bits per heavy atom. The van der Waals surface area contributed by atoms with E-state index in [2.05, 4.69) is 10.3 Å². The molecule has 0 atom stereocenters. The number of aliphatic imine (C=N–C) groups is 1. The van der Waals surface area contributed by atoms with Crippen molar-refractivity contribution in [3.05, 3.63) is 60.2 Å². The third-order valence-electron chi connectivity index (χ3n) is 2.96. The summed E-state index contributed by atoms with van der Waals surface area (Å²) < 4.78 is 38.1. The van der Waals surface area contributed by atoms with Crippen LogP contribution < -0.4 is 10.2 Å². The van der Waals surface area contributed by atoms with E-state index in [-0.39, 0.29) is 5.69 Å². The van der Waals surface area contributed by atoms with Gasteiger partial charge in [0, 0.05) is 7.05 Å². The van der Waals surface area contributed by atoms with E-state index in [1.165, 1.54) is 30.4 Å². The van der Waals surface area contributed by atoms with Crippen LogP contribution in [0.2, 0.25) is 0 Å². The van der Waals surface area contributed by atoms with Crippen molar-refractivity contribution in [2.24, 2.45) is 4.99 Å². The topological polar surface area (TPSA) is 44.7 Å². The fourth-order valence-corrected chi connectivity index (χ4v) is 1.83. The third-order valence-corrected chi connectivity index (χ3v) is 2.96. The van der Waals surface area contributed by atoms with Crippen molar-refractivity contribution in [2.45, 2.75) is 6.18 Å². The number of hydrogen-bond donors (Lipinski definition) is 1. The van der Waals surface area contributed by atoms with E-state index >= 15 is 0 Å². The lowest BCUT2D eigenvalue weighted by Crippen LogP contribution is -2.37. The summed E-state index contributed by atoms with van der Waals surface area (Å²) in [4.78, 5) is 17.1. The van der Waals surface area contributed by atoms with Crippen LogP contribution in [0, 0.1) is 0 Å². The van der Waals surface area contributed by atoms with Crippen LogP contribution in [0.5, 0.6) is 0 Å². The van der Waals surface area contributed by atoms with Gasteiger partial charge in [-0.25, -0.2) is 9.79 Å². The van der Waals surface area contributed by atoms with Crippen LogP contribution >= 0.6 is 0 Å². The van der Waals surface area contributed by atoms with Gasteiger partial charge in [-0.2, -0.15) is 13.2 Å². The quantitative estimate of drug-likeness (QED) is 0.668. The second-order valence-electron chi connectivity index (χ2n) is 4.55. The molecule has 0 saturated carbocycles. The number of nitrogens with one attached hydrogen (secondary N) is 1. The molecule has 0 radical (unpaired) electrons. The number of anilines is 1. The van der Waals surface area contributed by atoms with E-state index in [0.717, 1.165) is 12.1 Å². The van der Waals surface area contributed by atoms with Crippen LogP contribution in [-0.2, 0) is 6.18 Å². The molecule has 0 aromatic heterocycles. The van der Waals surface area contributed by atoms with Crippen LogP contribution in [0.25, 0.3) is 0 Å². The minimum Gasteiger partial charge on any atom is -0.340 e. The molecule has 0 spiro atoms. The largest absolute Gasteiger partial charge is 0.416 e. The van der Waals surface area contributed by atoms with Crippen molar-refractivity contribution in [1.82, 2.24) is 5.32 Å². The number of carbonyl (C=O) groups is 1. The molecular formula is C16H14F3N3O. The Bertz CT molecular complexity index is 699. The molecule has 120 valence electrons. The average Bonchev–Trinajstić information content (AvgIpc) is 2.55. The number of amides is 2. The summed E-state index contributed by atoms with van der Waals surface area (Å²) in [6, 6.07) is 12.8. The van der Waals surface area contributed by atoms with Gasteiger partial charge in [-0.15, -0.1) is 0 Å². The van der Waals surface area contributed by atoms with Gasteiger partial charge in [0.2, 0.25) is 0 Å². The van der Waals surface area contributed by atoms with Gasteiger partial charge in [-0.3, -0.25) is 4.90 Å². The molecular weight excluding hydrogens is 307 g/mol. The molecule has 0 heterocycles. The lowest BCUT2D eigenvalue weighted by Gasteiger charge is -2.16. The standard InChI is InChI=1S/C16H14F3N3O/c1-20-15(23)22(14-8-3-2-4-9-14)11-21-13-7-5-6-12(10-13)16(17,18)19/h2-11H,1H3,(H,20,23).